The topological polar surface area (TPSA) is 30.7 Å². The van der Waals surface area contributed by atoms with Crippen LogP contribution in [0.25, 0.3) is 0 Å². The van der Waals surface area contributed by atoms with Crippen LogP contribution in [0.2, 0.25) is 0 Å². The predicted octanol–water partition coefficient (Wildman–Crippen LogP) is 3.67. The summed E-state index contributed by atoms with van der Waals surface area (Å²) in [7, 11) is -0.933. The zero-order valence-electron chi connectivity index (χ0n) is 21.2. The molecule has 1 unspecified atom stereocenters. The molecular formula is C33H30N2OSi-. The van der Waals surface area contributed by atoms with Gasteiger partial charge >= 0.3 is 0 Å². The Hall–Kier alpha value is -3.96. The van der Waals surface area contributed by atoms with Crippen LogP contribution in [0.4, 0.5) is 17.1 Å². The van der Waals surface area contributed by atoms with Gasteiger partial charge in [0.25, 0.3) is 0 Å². The van der Waals surface area contributed by atoms with Crippen molar-refractivity contribution in [2.24, 2.45) is 0 Å². The van der Waals surface area contributed by atoms with E-state index in [4.69, 9.17) is 0 Å². The molecular weight excluding hydrogens is 468 g/mol. The van der Waals surface area contributed by atoms with E-state index in [0.29, 0.717) is 6.54 Å². The van der Waals surface area contributed by atoms with Crippen LogP contribution < -0.4 is 30.7 Å². The molecule has 37 heavy (non-hydrogen) atoms. The fourth-order valence-electron chi connectivity index (χ4n) is 5.95. The van der Waals surface area contributed by atoms with Crippen molar-refractivity contribution in [3.05, 3.63) is 144 Å². The van der Waals surface area contributed by atoms with Gasteiger partial charge in [0.2, 0.25) is 0 Å². The Balaban J connectivity index is 1.69. The fraction of sp³-hybridized carbons (Fsp3) is 0.0909. The summed E-state index contributed by atoms with van der Waals surface area (Å²) in [6, 6.07) is 46.4. The lowest BCUT2D eigenvalue weighted by atomic mass is 10.1. The summed E-state index contributed by atoms with van der Waals surface area (Å²) < 4.78 is 0. The second kappa shape index (κ2) is 9.49. The lowest BCUT2D eigenvalue weighted by Crippen LogP contribution is -3.02. The largest absolute Gasteiger partial charge is 0.634 e. The molecule has 0 saturated carbocycles. The first-order chi connectivity index (χ1) is 18.1. The number of benzene rings is 5. The van der Waals surface area contributed by atoms with Crippen LogP contribution in [0, 0.1) is 12.1 Å². The minimum atomic E-state index is -2.60. The second-order valence-corrected chi connectivity index (χ2v) is 13.6. The van der Waals surface area contributed by atoms with Crippen LogP contribution in [-0.4, -0.2) is 15.1 Å². The number of fused-ring (bicyclic) bond motifs is 2. The molecule has 0 fully saturated rings. The van der Waals surface area contributed by atoms with Crippen molar-refractivity contribution in [3.8, 4) is 0 Å². The Bertz CT molecular complexity index is 1460. The molecule has 0 saturated heterocycles. The van der Waals surface area contributed by atoms with Gasteiger partial charge in [0, 0.05) is 22.6 Å². The average molecular weight is 499 g/mol. The van der Waals surface area contributed by atoms with E-state index in [1.165, 1.54) is 32.1 Å². The molecule has 1 aliphatic rings. The van der Waals surface area contributed by atoms with Crippen molar-refractivity contribution < 1.29 is 5.06 Å². The van der Waals surface area contributed by atoms with Gasteiger partial charge in [0.05, 0.1) is 7.05 Å². The van der Waals surface area contributed by atoms with Crippen LogP contribution in [0.3, 0.4) is 0 Å². The second-order valence-electron chi connectivity index (χ2n) is 9.84. The third-order valence-electron chi connectivity index (χ3n) is 7.54. The number of aryl methyl sites for hydroxylation is 1. The minimum Gasteiger partial charge on any atom is -0.634 e. The van der Waals surface area contributed by atoms with E-state index < -0.39 is 8.07 Å². The smallest absolute Gasteiger partial charge is 0.103 e. The van der Waals surface area contributed by atoms with Gasteiger partial charge in [0.15, 0.2) is 0 Å². The Morgan fingerprint density at radius 3 is 1.65 bits per heavy atom. The highest BCUT2D eigenvalue weighted by Crippen LogP contribution is 2.38. The molecule has 1 atom stereocenters. The Morgan fingerprint density at radius 1 is 0.649 bits per heavy atom. The van der Waals surface area contributed by atoms with Crippen LogP contribution in [0.15, 0.2) is 127 Å². The molecule has 0 spiro atoms. The van der Waals surface area contributed by atoms with Crippen molar-refractivity contribution in [1.29, 1.82) is 0 Å². The highest BCUT2D eigenvalue weighted by atomic mass is 28.3. The Kier molecular flexibility index (Phi) is 6.01. The first-order valence-electron chi connectivity index (χ1n) is 12.8. The van der Waals surface area contributed by atoms with E-state index in [9.17, 15) is 5.21 Å². The number of nitrogens with one attached hydrogen (secondary N) is 1. The summed E-state index contributed by atoms with van der Waals surface area (Å²) in [5.74, 6) is 0. The van der Waals surface area contributed by atoms with Crippen molar-refractivity contribution in [2.45, 2.75) is 13.5 Å². The number of nitrogens with zero attached hydrogens (tertiary/aromatic N) is 1. The normalized spacial score (nSPS) is 14.5. The molecule has 0 amide bonds. The van der Waals surface area contributed by atoms with Crippen LogP contribution >= 0.6 is 0 Å². The third kappa shape index (κ3) is 3.82. The van der Waals surface area contributed by atoms with Gasteiger partial charge in [-0.3, -0.25) is 0 Å². The van der Waals surface area contributed by atoms with Crippen LogP contribution in [0.5, 0.6) is 0 Å². The highest BCUT2D eigenvalue weighted by molar-refractivity contribution is 7.21. The first kappa shape index (κ1) is 23.4. The van der Waals surface area contributed by atoms with Gasteiger partial charge in [-0.15, -0.1) is 10.4 Å². The van der Waals surface area contributed by atoms with E-state index in [1.54, 1.807) is 7.05 Å². The highest BCUT2D eigenvalue weighted by Gasteiger charge is 2.37. The molecule has 5 aromatic carbocycles. The summed E-state index contributed by atoms with van der Waals surface area (Å²) >= 11 is 0. The first-order valence-corrected chi connectivity index (χ1v) is 14.8. The van der Waals surface area contributed by atoms with E-state index in [1.807, 2.05) is 0 Å². The van der Waals surface area contributed by atoms with Gasteiger partial charge in [-0.05, 0) is 44.8 Å². The van der Waals surface area contributed by atoms with Gasteiger partial charge in [-0.25, -0.2) is 0 Å². The average Bonchev–Trinajstić information content (AvgIpc) is 2.94. The third-order valence-corrected chi connectivity index (χ3v) is 12.4. The Labute approximate surface area is 219 Å². The van der Waals surface area contributed by atoms with E-state index in [2.05, 4.69) is 139 Å². The monoisotopic (exact) mass is 498 g/mol. The lowest BCUT2D eigenvalue weighted by molar-refractivity contribution is -0.840. The van der Waals surface area contributed by atoms with Gasteiger partial charge in [0.1, 0.15) is 6.54 Å². The zero-order valence-corrected chi connectivity index (χ0v) is 22.2. The summed E-state index contributed by atoms with van der Waals surface area (Å²) in [6.07, 6.45) is 0. The quantitative estimate of drug-likeness (QED) is 0.291. The summed E-state index contributed by atoms with van der Waals surface area (Å²) in [5, 5.41) is 17.7. The summed E-state index contributed by atoms with van der Waals surface area (Å²) in [5.41, 5.74) is 5.73. The van der Waals surface area contributed by atoms with Crippen molar-refractivity contribution in [3.63, 3.8) is 0 Å². The predicted molar refractivity (Wildman–Crippen MR) is 157 cm³/mol. The molecule has 5 aromatic rings. The van der Waals surface area contributed by atoms with Crippen LogP contribution in [-0.2, 0) is 6.54 Å². The fourth-order valence-corrected chi connectivity index (χ4v) is 11.0. The maximum Gasteiger partial charge on any atom is 0.103 e. The molecule has 1 N–H and O–H groups in total. The molecule has 183 valence electrons. The molecule has 6 rings (SSSR count). The summed E-state index contributed by atoms with van der Waals surface area (Å²) in [4.78, 5) is 2.39. The molecule has 1 heterocycles. The van der Waals surface area contributed by atoms with Crippen LogP contribution in [0.1, 0.15) is 11.1 Å². The molecule has 0 aliphatic carbocycles. The standard InChI is InChI=1S/C33H30N2OSi/c1-25-21-22-27(23-26(25)24-34(2)36)35-30-17-9-11-19-32(30)37(28-13-5-3-6-14-28,29-15-7-4-8-16-29)33-20-12-10-18-31(33)35/h3-23,34H,24H2,1-2H3/q-1. The number of rotatable bonds is 5. The number of anilines is 3. The van der Waals surface area contributed by atoms with Crippen molar-refractivity contribution in [2.75, 3.05) is 11.9 Å². The maximum absolute atomic E-state index is 12.0. The molecule has 1 aliphatic heterocycles. The number of hydrogen-bond donors (Lipinski definition) is 1. The minimum absolute atomic E-state index is 0.180. The molecule has 0 bridgehead atoms. The van der Waals surface area contributed by atoms with Gasteiger partial charge < -0.3 is 15.2 Å². The van der Waals surface area contributed by atoms with Gasteiger partial charge in [-0.2, -0.15) is 10.4 Å². The lowest BCUT2D eigenvalue weighted by Gasteiger charge is -2.54. The molecule has 0 aromatic heterocycles. The van der Waals surface area contributed by atoms with E-state index in [0.717, 1.165) is 16.8 Å². The molecule has 3 nitrogen and oxygen atoms in total. The number of para-hydroxylation sites is 2. The number of hydrogen-bond acceptors (Lipinski definition) is 2. The number of quaternary nitrogens is 1. The van der Waals surface area contributed by atoms with Crippen molar-refractivity contribution in [1.82, 2.24) is 0 Å². The zero-order chi connectivity index (χ0) is 25.4. The Morgan fingerprint density at radius 2 is 1.14 bits per heavy atom. The van der Waals surface area contributed by atoms with Gasteiger partial charge in [-0.1, -0.05) is 103 Å². The molecule has 0 radical (unpaired) electrons. The summed E-state index contributed by atoms with van der Waals surface area (Å²) in [6.45, 7) is 2.53. The molecule has 4 heteroatoms. The van der Waals surface area contributed by atoms with Crippen molar-refractivity contribution >= 4 is 45.9 Å². The number of hydroxylamine groups is 2. The SMILES string of the molecule is Cc1ccc(N2c3ccccc3[Si-](c3ccccc3)(c3ccccc3)c3ccccc32)cc1C[NH+](C)[O-]. The maximum atomic E-state index is 12.0. The van der Waals surface area contributed by atoms with E-state index >= 15 is 0 Å². The van der Waals surface area contributed by atoms with E-state index in [-0.39, 0.29) is 5.06 Å².